The molecule has 1 aromatic carbocycles. The average Bonchev–Trinajstić information content (AvgIpc) is 2.98. The van der Waals surface area contributed by atoms with Crippen LogP contribution in [0.15, 0.2) is 60.8 Å². The summed E-state index contributed by atoms with van der Waals surface area (Å²) in [6.07, 6.45) is 2.56. The number of rotatable bonds is 6. The van der Waals surface area contributed by atoms with Crippen LogP contribution in [-0.2, 0) is 20.0 Å². The Balaban J connectivity index is 1.80. The highest BCUT2D eigenvalue weighted by molar-refractivity contribution is 5.92. The van der Waals surface area contributed by atoms with Crippen LogP contribution in [0, 0.1) is 6.92 Å². The zero-order valence-electron chi connectivity index (χ0n) is 14.6. The fraction of sp³-hybridized carbons (Fsp3) is 0.250. The van der Waals surface area contributed by atoms with E-state index in [0.29, 0.717) is 18.8 Å². The summed E-state index contributed by atoms with van der Waals surface area (Å²) in [5.74, 6) is -0.0234. The lowest BCUT2D eigenvalue weighted by Gasteiger charge is -2.22. The largest absolute Gasteiger partial charge is 0.331 e. The average molecular weight is 334 g/mol. The van der Waals surface area contributed by atoms with Gasteiger partial charge < -0.3 is 4.90 Å². The van der Waals surface area contributed by atoms with Gasteiger partial charge in [-0.25, -0.2) is 0 Å². The topological polar surface area (TPSA) is 51.0 Å². The van der Waals surface area contributed by atoms with Gasteiger partial charge in [0.25, 0.3) is 5.91 Å². The number of carbonyl (C=O) groups excluding carboxylic acids is 1. The number of benzene rings is 1. The fourth-order valence-corrected chi connectivity index (χ4v) is 2.82. The zero-order valence-corrected chi connectivity index (χ0v) is 14.6. The zero-order chi connectivity index (χ0) is 17.6. The van der Waals surface area contributed by atoms with Crippen LogP contribution >= 0.6 is 0 Å². The van der Waals surface area contributed by atoms with E-state index in [1.807, 2.05) is 54.3 Å². The first-order chi connectivity index (χ1) is 12.1. The van der Waals surface area contributed by atoms with E-state index in [0.717, 1.165) is 17.8 Å². The van der Waals surface area contributed by atoms with Gasteiger partial charge in [-0.05, 0) is 37.1 Å². The molecule has 1 amide bonds. The minimum atomic E-state index is -0.0234. The second-order valence-corrected chi connectivity index (χ2v) is 6.08. The molecule has 0 spiro atoms. The first-order valence-electron chi connectivity index (χ1n) is 8.37. The molecule has 3 rings (SSSR count). The highest BCUT2D eigenvalue weighted by Gasteiger charge is 2.20. The summed E-state index contributed by atoms with van der Waals surface area (Å²) in [4.78, 5) is 19.2. The normalized spacial score (nSPS) is 10.6. The van der Waals surface area contributed by atoms with Gasteiger partial charge in [0.15, 0.2) is 0 Å². The maximum Gasteiger partial charge on any atom is 0.272 e. The van der Waals surface area contributed by atoms with Gasteiger partial charge in [-0.3, -0.25) is 14.5 Å². The van der Waals surface area contributed by atoms with E-state index in [9.17, 15) is 4.79 Å². The van der Waals surface area contributed by atoms with Crippen molar-refractivity contribution in [2.75, 3.05) is 6.54 Å². The Morgan fingerprint density at radius 3 is 2.52 bits per heavy atom. The van der Waals surface area contributed by atoms with E-state index in [4.69, 9.17) is 0 Å². The highest BCUT2D eigenvalue weighted by Crippen LogP contribution is 2.11. The van der Waals surface area contributed by atoms with Gasteiger partial charge in [0.05, 0.1) is 17.9 Å². The molecular weight excluding hydrogens is 312 g/mol. The number of aryl methyl sites for hydroxylation is 2. The lowest BCUT2D eigenvalue weighted by Crippen LogP contribution is -2.34. The number of pyridine rings is 1. The molecule has 0 aliphatic carbocycles. The summed E-state index contributed by atoms with van der Waals surface area (Å²) in [5.41, 5.74) is 3.53. The first kappa shape index (κ1) is 16.9. The Morgan fingerprint density at radius 1 is 1.12 bits per heavy atom. The number of hydrogen-bond donors (Lipinski definition) is 0. The molecule has 3 aromatic rings. The molecule has 25 heavy (non-hydrogen) atoms. The lowest BCUT2D eigenvalue weighted by atomic mass is 10.1. The number of hydrogen-bond acceptors (Lipinski definition) is 3. The Bertz CT molecular complexity index is 827. The molecule has 0 N–H and O–H groups in total. The van der Waals surface area contributed by atoms with Crippen molar-refractivity contribution in [2.45, 2.75) is 19.9 Å². The van der Waals surface area contributed by atoms with Crippen molar-refractivity contribution in [3.63, 3.8) is 0 Å². The van der Waals surface area contributed by atoms with Gasteiger partial charge in [-0.2, -0.15) is 5.10 Å². The smallest absolute Gasteiger partial charge is 0.272 e. The van der Waals surface area contributed by atoms with Gasteiger partial charge >= 0.3 is 0 Å². The summed E-state index contributed by atoms with van der Waals surface area (Å²) in [6.45, 7) is 3.00. The van der Waals surface area contributed by atoms with Crippen molar-refractivity contribution in [2.24, 2.45) is 7.05 Å². The molecule has 5 nitrogen and oxygen atoms in total. The van der Waals surface area contributed by atoms with E-state index in [1.165, 1.54) is 5.56 Å². The highest BCUT2D eigenvalue weighted by atomic mass is 16.2. The van der Waals surface area contributed by atoms with Crippen LogP contribution in [0.25, 0.3) is 0 Å². The quantitative estimate of drug-likeness (QED) is 0.696. The van der Waals surface area contributed by atoms with Crippen LogP contribution in [0.1, 0.15) is 27.4 Å². The van der Waals surface area contributed by atoms with Crippen LogP contribution in [-0.4, -0.2) is 32.1 Å². The monoisotopic (exact) mass is 334 g/mol. The predicted molar refractivity (Wildman–Crippen MR) is 97.1 cm³/mol. The summed E-state index contributed by atoms with van der Waals surface area (Å²) < 4.78 is 1.64. The van der Waals surface area contributed by atoms with E-state index in [1.54, 1.807) is 17.9 Å². The molecule has 0 saturated heterocycles. The third-order valence-electron chi connectivity index (χ3n) is 4.10. The molecule has 0 fully saturated rings. The maximum atomic E-state index is 13.0. The Kier molecular flexibility index (Phi) is 5.23. The lowest BCUT2D eigenvalue weighted by molar-refractivity contribution is 0.0732. The van der Waals surface area contributed by atoms with Crippen molar-refractivity contribution >= 4 is 5.91 Å². The second kappa shape index (κ2) is 7.75. The number of amides is 1. The third kappa shape index (κ3) is 4.32. The number of nitrogens with zero attached hydrogens (tertiary/aromatic N) is 4. The van der Waals surface area contributed by atoms with Crippen molar-refractivity contribution < 1.29 is 4.79 Å². The van der Waals surface area contributed by atoms with E-state index in [2.05, 4.69) is 22.2 Å². The summed E-state index contributed by atoms with van der Waals surface area (Å²) in [5, 5.41) is 4.29. The van der Waals surface area contributed by atoms with Gasteiger partial charge in [-0.15, -0.1) is 0 Å². The first-order valence-corrected chi connectivity index (χ1v) is 8.37. The van der Waals surface area contributed by atoms with Crippen molar-refractivity contribution in [1.29, 1.82) is 0 Å². The molecule has 0 atom stereocenters. The summed E-state index contributed by atoms with van der Waals surface area (Å²) >= 11 is 0. The van der Waals surface area contributed by atoms with Gasteiger partial charge in [0, 0.05) is 19.8 Å². The molecule has 2 aromatic heterocycles. The number of aromatic nitrogens is 3. The SMILES string of the molecule is Cc1cc(C(=O)N(CCc2ccccc2)Cc2ccccn2)n(C)n1. The molecule has 128 valence electrons. The molecule has 2 heterocycles. The van der Waals surface area contributed by atoms with Crippen molar-refractivity contribution in [1.82, 2.24) is 19.7 Å². The maximum absolute atomic E-state index is 13.0. The van der Waals surface area contributed by atoms with Crippen molar-refractivity contribution in [3.05, 3.63) is 83.4 Å². The van der Waals surface area contributed by atoms with Gasteiger partial charge in [0.1, 0.15) is 5.69 Å². The molecule has 5 heteroatoms. The molecule has 0 aliphatic rings. The minimum Gasteiger partial charge on any atom is -0.331 e. The van der Waals surface area contributed by atoms with Crippen LogP contribution in [0.5, 0.6) is 0 Å². The standard InChI is InChI=1S/C20H22N4O/c1-16-14-19(23(2)22-16)20(25)24(15-18-10-6-7-12-21-18)13-11-17-8-4-3-5-9-17/h3-10,12,14H,11,13,15H2,1-2H3. The van der Waals surface area contributed by atoms with E-state index < -0.39 is 0 Å². The van der Waals surface area contributed by atoms with Crippen LogP contribution < -0.4 is 0 Å². The molecule has 0 unspecified atom stereocenters. The van der Waals surface area contributed by atoms with Crippen LogP contribution in [0.4, 0.5) is 0 Å². The molecular formula is C20H22N4O. The Labute approximate surface area is 147 Å². The Hall–Kier alpha value is -2.95. The summed E-state index contributed by atoms with van der Waals surface area (Å²) in [7, 11) is 1.80. The van der Waals surface area contributed by atoms with Gasteiger partial charge in [-0.1, -0.05) is 36.4 Å². The molecule has 0 radical (unpaired) electrons. The van der Waals surface area contributed by atoms with Crippen LogP contribution in [0.3, 0.4) is 0 Å². The van der Waals surface area contributed by atoms with E-state index in [-0.39, 0.29) is 5.91 Å². The molecule has 0 aliphatic heterocycles. The van der Waals surface area contributed by atoms with Gasteiger partial charge in [0.2, 0.25) is 0 Å². The predicted octanol–water partition coefficient (Wildman–Crippen LogP) is 3.01. The van der Waals surface area contributed by atoms with E-state index >= 15 is 0 Å². The molecule has 0 bridgehead atoms. The van der Waals surface area contributed by atoms with Crippen molar-refractivity contribution in [3.8, 4) is 0 Å². The second-order valence-electron chi connectivity index (χ2n) is 6.08. The third-order valence-corrected chi connectivity index (χ3v) is 4.10. The number of carbonyl (C=O) groups is 1. The summed E-state index contributed by atoms with van der Waals surface area (Å²) in [6, 6.07) is 17.8. The van der Waals surface area contributed by atoms with Crippen LogP contribution in [0.2, 0.25) is 0 Å². The minimum absolute atomic E-state index is 0.0234. The molecule has 0 saturated carbocycles. The Morgan fingerprint density at radius 2 is 1.88 bits per heavy atom. The fourth-order valence-electron chi connectivity index (χ4n) is 2.82.